The van der Waals surface area contributed by atoms with Gasteiger partial charge in [0.2, 0.25) is 5.91 Å². The number of amides is 1. The van der Waals surface area contributed by atoms with Crippen molar-refractivity contribution in [1.29, 1.82) is 0 Å². The average Bonchev–Trinajstić information content (AvgIpc) is 2.79. The summed E-state index contributed by atoms with van der Waals surface area (Å²) < 4.78 is 1.66. The Morgan fingerprint density at radius 1 is 1.19 bits per heavy atom. The molecular weight excluding hydrogens is 421 g/mol. The first-order chi connectivity index (χ1) is 9.95. The first kappa shape index (κ1) is 15.0. The number of benzene rings is 2. The van der Waals surface area contributed by atoms with Crippen LogP contribution in [0.4, 0.5) is 5.69 Å². The van der Waals surface area contributed by atoms with Crippen molar-refractivity contribution in [3.63, 3.8) is 0 Å². The Hall–Kier alpha value is -0.880. The fourth-order valence-electron chi connectivity index (χ4n) is 2.37. The van der Waals surface area contributed by atoms with Crippen molar-refractivity contribution in [2.24, 2.45) is 0 Å². The van der Waals surface area contributed by atoms with Gasteiger partial charge >= 0.3 is 0 Å². The fraction of sp³-hybridized carbons (Fsp3) is 0.133. The van der Waals surface area contributed by atoms with Gasteiger partial charge in [0.05, 0.1) is 6.42 Å². The lowest BCUT2D eigenvalue weighted by Gasteiger charge is -2.16. The third-order valence-corrected chi connectivity index (χ3v) is 4.94. The second-order valence-electron chi connectivity index (χ2n) is 4.82. The topological polar surface area (TPSA) is 49.3 Å². The summed E-state index contributed by atoms with van der Waals surface area (Å²) in [5.41, 5.74) is 2.87. The van der Waals surface area contributed by atoms with Crippen LogP contribution in [0.2, 0.25) is 5.02 Å². The third-order valence-electron chi connectivity index (χ3n) is 3.39. The zero-order chi connectivity index (χ0) is 15.1. The van der Waals surface area contributed by atoms with Crippen LogP contribution in [0.5, 0.6) is 0 Å². The van der Waals surface area contributed by atoms with E-state index in [1.54, 1.807) is 12.1 Å². The third kappa shape index (κ3) is 2.88. The molecule has 1 atom stereocenters. The lowest BCUT2D eigenvalue weighted by molar-refractivity contribution is -0.115. The summed E-state index contributed by atoms with van der Waals surface area (Å²) >= 11 is 13.1. The molecule has 1 amide bonds. The zero-order valence-corrected chi connectivity index (χ0v) is 14.6. The van der Waals surface area contributed by atoms with Gasteiger partial charge in [0.15, 0.2) is 0 Å². The number of carbonyl (C=O) groups is 1. The lowest BCUT2D eigenvalue weighted by atomic mass is 9.98. The van der Waals surface area contributed by atoms with Crippen LogP contribution in [0.15, 0.2) is 39.3 Å². The van der Waals surface area contributed by atoms with Crippen LogP contribution >= 0.6 is 43.5 Å². The quantitative estimate of drug-likeness (QED) is 0.739. The van der Waals surface area contributed by atoms with Crippen molar-refractivity contribution in [3.8, 4) is 0 Å². The smallest absolute Gasteiger partial charge is 0.228 e. The lowest BCUT2D eigenvalue weighted by Crippen LogP contribution is -2.03. The van der Waals surface area contributed by atoms with E-state index in [2.05, 4.69) is 37.2 Å². The molecule has 0 aromatic heterocycles. The van der Waals surface area contributed by atoms with Crippen molar-refractivity contribution in [2.75, 3.05) is 5.32 Å². The molecule has 3 rings (SSSR count). The summed E-state index contributed by atoms with van der Waals surface area (Å²) in [5.74, 6) is -0.0589. The van der Waals surface area contributed by atoms with E-state index >= 15 is 0 Å². The minimum absolute atomic E-state index is 0.0589. The van der Waals surface area contributed by atoms with Gasteiger partial charge in [0, 0.05) is 30.8 Å². The molecule has 1 aliphatic heterocycles. The predicted octanol–water partition coefficient (Wildman–Crippen LogP) is 4.44. The number of fused-ring (bicyclic) bond motifs is 1. The van der Waals surface area contributed by atoms with Crippen LogP contribution in [0, 0.1) is 0 Å². The monoisotopic (exact) mass is 429 g/mol. The molecule has 1 unspecified atom stereocenters. The second-order valence-corrected chi connectivity index (χ2v) is 7.00. The van der Waals surface area contributed by atoms with Gasteiger partial charge in [-0.05, 0) is 35.9 Å². The van der Waals surface area contributed by atoms with Crippen molar-refractivity contribution in [1.82, 2.24) is 0 Å². The van der Waals surface area contributed by atoms with E-state index in [1.807, 2.05) is 18.2 Å². The van der Waals surface area contributed by atoms with E-state index in [9.17, 15) is 9.90 Å². The summed E-state index contributed by atoms with van der Waals surface area (Å²) in [4.78, 5) is 11.4. The maximum Gasteiger partial charge on any atom is 0.228 e. The molecule has 6 heteroatoms. The molecule has 21 heavy (non-hydrogen) atoms. The van der Waals surface area contributed by atoms with Gasteiger partial charge in [0.25, 0.3) is 0 Å². The number of hydrogen-bond acceptors (Lipinski definition) is 2. The Balaban J connectivity index is 2.06. The van der Waals surface area contributed by atoms with Crippen molar-refractivity contribution < 1.29 is 9.90 Å². The number of carbonyl (C=O) groups excluding carboxylic acids is 1. The van der Waals surface area contributed by atoms with Gasteiger partial charge in [-0.2, -0.15) is 0 Å². The molecule has 0 saturated carbocycles. The summed E-state index contributed by atoms with van der Waals surface area (Å²) in [5, 5.41) is 13.8. The number of anilines is 1. The molecule has 3 nitrogen and oxygen atoms in total. The number of aliphatic hydroxyl groups excluding tert-OH is 1. The van der Waals surface area contributed by atoms with Gasteiger partial charge in [-0.25, -0.2) is 0 Å². The Labute approximate surface area is 143 Å². The van der Waals surface area contributed by atoms with Crippen molar-refractivity contribution in [2.45, 2.75) is 12.5 Å². The summed E-state index contributed by atoms with van der Waals surface area (Å²) in [6.45, 7) is 0. The number of rotatable bonds is 2. The Kier molecular flexibility index (Phi) is 4.10. The summed E-state index contributed by atoms with van der Waals surface area (Å²) in [6, 6.07) is 9.05. The summed E-state index contributed by atoms with van der Waals surface area (Å²) in [7, 11) is 0. The standard InChI is InChI=1S/C15H10Br2ClNO2/c16-8-1-2-11(17)9(5-8)15(21)10-3-7-4-14(20)19-13(7)6-12(10)18/h1-3,5-6,15,21H,4H2,(H,19,20). The van der Waals surface area contributed by atoms with Gasteiger partial charge in [0.1, 0.15) is 6.10 Å². The number of aliphatic hydroxyl groups is 1. The van der Waals surface area contributed by atoms with E-state index in [1.165, 1.54) is 0 Å². The number of halogens is 3. The van der Waals surface area contributed by atoms with Crippen molar-refractivity contribution in [3.05, 3.63) is 61.0 Å². The largest absolute Gasteiger partial charge is 0.384 e. The minimum atomic E-state index is -0.870. The molecule has 2 aromatic carbocycles. The van der Waals surface area contributed by atoms with Crippen LogP contribution in [0.3, 0.4) is 0 Å². The molecule has 0 fully saturated rings. The molecule has 0 bridgehead atoms. The van der Waals surface area contributed by atoms with Gasteiger partial charge in [-0.3, -0.25) is 4.79 Å². The molecule has 0 saturated heterocycles. The molecule has 2 aromatic rings. The highest BCUT2D eigenvalue weighted by molar-refractivity contribution is 9.11. The molecule has 1 heterocycles. The van der Waals surface area contributed by atoms with Gasteiger partial charge in [-0.15, -0.1) is 0 Å². The Morgan fingerprint density at radius 2 is 1.95 bits per heavy atom. The van der Waals surface area contributed by atoms with Gasteiger partial charge < -0.3 is 10.4 Å². The highest BCUT2D eigenvalue weighted by atomic mass is 79.9. The zero-order valence-electron chi connectivity index (χ0n) is 10.7. The van der Waals surface area contributed by atoms with E-state index in [4.69, 9.17) is 11.6 Å². The predicted molar refractivity (Wildman–Crippen MR) is 89.7 cm³/mol. The number of hydrogen-bond donors (Lipinski definition) is 2. The first-order valence-corrected chi connectivity index (χ1v) is 8.17. The molecule has 0 radical (unpaired) electrons. The van der Waals surface area contributed by atoms with Crippen LogP contribution in [-0.4, -0.2) is 11.0 Å². The highest BCUT2D eigenvalue weighted by Gasteiger charge is 2.23. The van der Waals surface area contributed by atoms with Crippen LogP contribution in [0.1, 0.15) is 22.8 Å². The molecular formula is C15H10Br2ClNO2. The van der Waals surface area contributed by atoms with Crippen LogP contribution in [0.25, 0.3) is 0 Å². The number of nitrogens with one attached hydrogen (secondary N) is 1. The second kappa shape index (κ2) is 5.72. The SMILES string of the molecule is O=C1Cc2cc(C(O)c3cc(Br)ccc3Br)c(Cl)cc2N1. The average molecular weight is 432 g/mol. The molecule has 2 N–H and O–H groups in total. The molecule has 108 valence electrons. The molecule has 0 spiro atoms. The van der Waals surface area contributed by atoms with E-state index in [0.29, 0.717) is 28.3 Å². The van der Waals surface area contributed by atoms with Crippen LogP contribution in [-0.2, 0) is 11.2 Å². The minimum Gasteiger partial charge on any atom is -0.384 e. The van der Waals surface area contributed by atoms with Crippen LogP contribution < -0.4 is 5.32 Å². The maximum absolute atomic E-state index is 11.4. The fourth-order valence-corrected chi connectivity index (χ4v) is 3.48. The van der Waals surface area contributed by atoms with E-state index in [-0.39, 0.29) is 5.91 Å². The molecule has 0 aliphatic carbocycles. The maximum atomic E-state index is 11.4. The highest BCUT2D eigenvalue weighted by Crippen LogP contribution is 2.37. The first-order valence-electron chi connectivity index (χ1n) is 6.21. The van der Waals surface area contributed by atoms with E-state index < -0.39 is 6.10 Å². The van der Waals surface area contributed by atoms with Gasteiger partial charge in [-0.1, -0.05) is 43.5 Å². The van der Waals surface area contributed by atoms with E-state index in [0.717, 1.165) is 14.5 Å². The van der Waals surface area contributed by atoms with Crippen molar-refractivity contribution >= 4 is 55.1 Å². The Bertz CT molecular complexity index is 749. The Morgan fingerprint density at radius 3 is 2.71 bits per heavy atom. The normalized spacial score (nSPS) is 14.8. The molecule has 1 aliphatic rings. The summed E-state index contributed by atoms with van der Waals surface area (Å²) in [6.07, 6.45) is -0.559.